The largest absolute Gasteiger partial charge is 2.00 e. The van der Waals surface area contributed by atoms with Crippen LogP contribution in [0.2, 0.25) is 0 Å². The van der Waals surface area contributed by atoms with Crippen molar-refractivity contribution >= 4 is 0 Å². The minimum absolute atomic E-state index is 0. The molecule has 0 aromatic heterocycles. The summed E-state index contributed by atoms with van der Waals surface area (Å²) in [4.78, 5) is 0. The number of hydrogen-bond acceptors (Lipinski definition) is 0. The topological polar surface area (TPSA) is 0 Å². The minimum atomic E-state index is 0. The Morgan fingerprint density at radius 1 is 0.500 bits per heavy atom. The van der Waals surface area contributed by atoms with Gasteiger partial charge in [-0.3, -0.25) is 0 Å². The van der Waals surface area contributed by atoms with Crippen molar-refractivity contribution in [3.05, 3.63) is 126 Å². The second-order valence-corrected chi connectivity index (χ2v) is 7.70. The van der Waals surface area contributed by atoms with Gasteiger partial charge in [0.25, 0.3) is 0 Å². The van der Waals surface area contributed by atoms with Gasteiger partial charge < -0.3 is 28.5 Å². The smallest absolute Gasteiger partial charge is 1.00 e. The van der Waals surface area contributed by atoms with E-state index in [2.05, 4.69) is 66.5 Å². The quantitative estimate of drug-likeness (QED) is 0.226. The van der Waals surface area contributed by atoms with Crippen LogP contribution in [0.15, 0.2) is 0 Å². The van der Waals surface area contributed by atoms with Crippen LogP contribution in [-0.4, -0.2) is 30.7 Å². The Bertz CT molecular complexity index is 370. The number of likely N-dealkylation sites (tertiary alicyclic amines) is 1. The fraction of sp³-hybridized carbons (Fsp3) is 0.231. The third kappa shape index (κ3) is 7.90. The van der Waals surface area contributed by atoms with E-state index in [4.69, 9.17) is 0 Å². The van der Waals surface area contributed by atoms with Crippen LogP contribution < -0.4 is 24.0 Å². The van der Waals surface area contributed by atoms with Gasteiger partial charge in [-0.25, -0.2) is 0 Å². The molecule has 5 aliphatic rings. The molecule has 0 unspecified atom stereocenters. The Hall–Kier alpha value is 1.73. The molecule has 30 heavy (non-hydrogen) atoms. The van der Waals surface area contributed by atoms with Crippen LogP contribution in [0, 0.1) is 126 Å². The van der Waals surface area contributed by atoms with E-state index in [1.807, 2.05) is 64.2 Å². The standard InChI is InChI=1S/C16H20N.2C5H5.2Fe.HI/c1-11-13-7-5-9-15(13)16-10-6-8-14(16)12(2)17(11,3)4;2*1-2-4-5-3-1;;;/h5-12H,1-4H3;2*1-5H;;;1H/q+1;;;2*+2;/p-1/t11-,12-;;;;;/m1...../s1. The number of fused-ring (bicyclic) bond motifs is 3. The van der Waals surface area contributed by atoms with Crippen LogP contribution >= 0.6 is 0 Å². The molecule has 0 aromatic carbocycles. The number of halogens is 1. The number of rotatable bonds is 0. The van der Waals surface area contributed by atoms with Gasteiger partial charge in [-0.1, -0.05) is 0 Å². The Morgan fingerprint density at radius 3 is 1.03 bits per heavy atom. The van der Waals surface area contributed by atoms with E-state index in [-0.39, 0.29) is 58.1 Å². The average Bonchev–Trinajstić information content (AvgIpc) is 3.46. The zero-order valence-electron chi connectivity index (χ0n) is 17.9. The molecule has 5 fully saturated rings. The molecule has 1 heterocycles. The van der Waals surface area contributed by atoms with E-state index in [1.165, 1.54) is 23.7 Å². The minimum Gasteiger partial charge on any atom is -1.00 e. The first kappa shape index (κ1) is 31.7. The van der Waals surface area contributed by atoms with Crippen molar-refractivity contribution in [3.8, 4) is 0 Å². The summed E-state index contributed by atoms with van der Waals surface area (Å²) < 4.78 is 1.02. The van der Waals surface area contributed by atoms with Crippen molar-refractivity contribution in [1.29, 1.82) is 0 Å². The third-order valence-electron chi connectivity index (χ3n) is 6.00. The summed E-state index contributed by atoms with van der Waals surface area (Å²) in [5.41, 5.74) is 0. The van der Waals surface area contributed by atoms with Crippen LogP contribution in [0.3, 0.4) is 0 Å². The SMILES string of the molecule is C[C@@H]1[C]2[CH][CH][CH][C]2[C]2[CH][CH][CH][C]2[C@@H](C)[N+]1(C)C.[CH]1[CH][CH][CH][CH]1.[CH]1[CH][CH][CH][CH]1.[Fe+2].[Fe+2].[I-]. The molecule has 0 spiro atoms. The summed E-state index contributed by atoms with van der Waals surface area (Å²) in [5.74, 6) is 5.86. The summed E-state index contributed by atoms with van der Waals surface area (Å²) in [6.07, 6.45) is 33.5. The van der Waals surface area contributed by atoms with Gasteiger partial charge in [0.15, 0.2) is 0 Å². The fourth-order valence-corrected chi connectivity index (χ4v) is 3.78. The van der Waals surface area contributed by atoms with Crippen LogP contribution in [0.4, 0.5) is 0 Å². The molecule has 1 aliphatic heterocycles. The van der Waals surface area contributed by atoms with Gasteiger partial charge in [0, 0.05) is 23.7 Å². The molecule has 0 amide bonds. The first-order valence-electron chi connectivity index (χ1n) is 9.71. The first-order chi connectivity index (χ1) is 13.0. The van der Waals surface area contributed by atoms with Crippen molar-refractivity contribution in [2.75, 3.05) is 14.1 Å². The molecular weight excluding hydrogens is 565 g/mol. The Labute approximate surface area is 227 Å². The van der Waals surface area contributed by atoms with E-state index in [9.17, 15) is 0 Å². The van der Waals surface area contributed by atoms with Crippen LogP contribution in [0.25, 0.3) is 0 Å². The monoisotopic (exact) mass is 595 g/mol. The molecular formula is C26H30Fe2IN+4. The van der Waals surface area contributed by atoms with E-state index in [0.717, 1.165) is 4.48 Å². The molecule has 20 radical (unpaired) electrons. The van der Waals surface area contributed by atoms with E-state index in [1.54, 1.807) is 0 Å². The molecule has 0 bridgehead atoms. The Balaban J connectivity index is 0.000000540. The molecule has 5 rings (SSSR count). The maximum absolute atomic E-state index is 2.35. The van der Waals surface area contributed by atoms with Crippen molar-refractivity contribution in [1.82, 2.24) is 0 Å². The molecule has 0 aromatic rings. The summed E-state index contributed by atoms with van der Waals surface area (Å²) in [5, 5.41) is 0. The summed E-state index contributed by atoms with van der Waals surface area (Å²) >= 11 is 0. The van der Waals surface area contributed by atoms with Crippen LogP contribution in [-0.2, 0) is 34.1 Å². The zero-order chi connectivity index (χ0) is 19.3. The molecule has 0 N–H and O–H groups in total. The van der Waals surface area contributed by atoms with Gasteiger partial charge in [-0.2, -0.15) is 0 Å². The van der Waals surface area contributed by atoms with Crippen molar-refractivity contribution in [2.45, 2.75) is 25.9 Å². The van der Waals surface area contributed by atoms with Gasteiger partial charge in [0.2, 0.25) is 0 Å². The predicted octanol–water partition coefficient (Wildman–Crippen LogP) is 1.45. The Kier molecular flexibility index (Phi) is 16.5. The van der Waals surface area contributed by atoms with Gasteiger partial charge >= 0.3 is 34.1 Å². The van der Waals surface area contributed by atoms with Crippen molar-refractivity contribution in [2.24, 2.45) is 0 Å². The van der Waals surface area contributed by atoms with E-state index < -0.39 is 0 Å². The fourth-order valence-electron chi connectivity index (χ4n) is 3.78. The summed E-state index contributed by atoms with van der Waals surface area (Å²) in [7, 11) is 4.68. The maximum atomic E-state index is 2.35. The van der Waals surface area contributed by atoms with Gasteiger partial charge in [-0.05, 0) is 117 Å². The second kappa shape index (κ2) is 15.6. The average molecular weight is 595 g/mol. The van der Waals surface area contributed by atoms with Gasteiger partial charge in [0.05, 0.1) is 26.2 Å². The number of nitrogens with zero attached hydrogens (tertiary/aromatic N) is 1. The Morgan fingerprint density at radius 2 is 0.767 bits per heavy atom. The van der Waals surface area contributed by atoms with Gasteiger partial charge in [0.1, 0.15) is 0 Å². The second-order valence-electron chi connectivity index (χ2n) is 7.70. The number of quaternary nitrogens is 1. The maximum Gasteiger partial charge on any atom is 2.00 e. The van der Waals surface area contributed by atoms with E-state index >= 15 is 0 Å². The van der Waals surface area contributed by atoms with Gasteiger partial charge in [-0.15, -0.1) is 0 Å². The molecule has 4 heteroatoms. The van der Waals surface area contributed by atoms with Crippen LogP contribution in [0.1, 0.15) is 13.8 Å². The first-order valence-corrected chi connectivity index (χ1v) is 9.71. The van der Waals surface area contributed by atoms with Crippen molar-refractivity contribution < 1.29 is 62.6 Å². The van der Waals surface area contributed by atoms with Crippen molar-refractivity contribution in [3.63, 3.8) is 0 Å². The molecule has 4 saturated carbocycles. The third-order valence-corrected chi connectivity index (χ3v) is 6.00. The molecule has 1 saturated heterocycles. The summed E-state index contributed by atoms with van der Waals surface area (Å²) in [6, 6.07) is 1.09. The summed E-state index contributed by atoms with van der Waals surface area (Å²) in [6.45, 7) is 4.70. The van der Waals surface area contributed by atoms with E-state index in [0.29, 0.717) is 12.1 Å². The molecule has 4 aliphatic carbocycles. The predicted molar refractivity (Wildman–Crippen MR) is 113 cm³/mol. The molecule has 1 nitrogen and oxygen atoms in total. The zero-order valence-corrected chi connectivity index (χ0v) is 22.3. The van der Waals surface area contributed by atoms with Crippen LogP contribution in [0.5, 0.6) is 0 Å². The molecule has 2 atom stereocenters. The molecule has 158 valence electrons. The number of hydrogen-bond donors (Lipinski definition) is 0. The normalized spacial score (nSPS) is 30.8.